The highest BCUT2D eigenvalue weighted by Gasteiger charge is 2.79. The van der Waals surface area contributed by atoms with Crippen molar-refractivity contribution in [3.63, 3.8) is 0 Å². The van der Waals surface area contributed by atoms with Gasteiger partial charge in [-0.3, -0.25) is 4.90 Å². The predicted octanol–water partition coefficient (Wildman–Crippen LogP) is 5.54. The van der Waals surface area contributed by atoms with Gasteiger partial charge in [0.15, 0.2) is 6.29 Å². The van der Waals surface area contributed by atoms with E-state index < -0.39 is 23.9 Å². The van der Waals surface area contributed by atoms with Gasteiger partial charge in [-0.25, -0.2) is 0 Å². The number of rotatable bonds is 5. The molecule has 7 aliphatic rings. The van der Waals surface area contributed by atoms with Crippen molar-refractivity contribution < 1.29 is 34.3 Å². The Labute approximate surface area is 284 Å². The molecule has 7 fully saturated rings. The van der Waals surface area contributed by atoms with E-state index in [-0.39, 0.29) is 40.7 Å². The molecule has 3 saturated heterocycles. The Morgan fingerprint density at radius 3 is 2.28 bits per heavy atom. The molecule has 0 radical (unpaired) electrons. The van der Waals surface area contributed by atoms with Crippen LogP contribution in [-0.2, 0) is 18.9 Å². The molecule has 0 aromatic carbocycles. The number of nitrogens with zero attached hydrogens (tertiary/aromatic N) is 1. The molecule has 4 aliphatic carbocycles. The lowest BCUT2D eigenvalue weighted by Gasteiger charge is -2.58. The summed E-state index contributed by atoms with van der Waals surface area (Å²) >= 11 is 0. The number of morpholine rings is 1. The smallest absolute Gasteiger partial charge is 0.170 e. The lowest BCUT2D eigenvalue weighted by Crippen LogP contribution is -2.59. The number of fused-ring (bicyclic) bond motifs is 1. The fourth-order valence-electron chi connectivity index (χ4n) is 13.0. The molecule has 2 spiro atoms. The lowest BCUT2D eigenvalue weighted by molar-refractivity contribution is -0.250. The third-order valence-electron chi connectivity index (χ3n) is 15.5. The number of ether oxygens (including phenoxy) is 4. The van der Waals surface area contributed by atoms with Crippen LogP contribution < -0.4 is 0 Å². The Balaban J connectivity index is 1.09. The molecule has 0 aromatic heterocycles. The van der Waals surface area contributed by atoms with Crippen LogP contribution in [0.4, 0.5) is 0 Å². The summed E-state index contributed by atoms with van der Waals surface area (Å²) < 4.78 is 25.6. The fourth-order valence-corrected chi connectivity index (χ4v) is 13.0. The van der Waals surface area contributed by atoms with Crippen molar-refractivity contribution in [3.8, 4) is 0 Å². The quantitative estimate of drug-likeness (QED) is 0.353. The van der Waals surface area contributed by atoms with Crippen LogP contribution in [-0.4, -0.2) is 102 Å². The topological polar surface area (TPSA) is 101 Å². The van der Waals surface area contributed by atoms with Crippen molar-refractivity contribution in [2.75, 3.05) is 32.9 Å². The van der Waals surface area contributed by atoms with E-state index in [4.69, 9.17) is 18.9 Å². The molecule has 7 rings (SSSR count). The zero-order chi connectivity index (χ0) is 33.6. The molecule has 0 bridgehead atoms. The number of hydrogen-bond acceptors (Lipinski definition) is 8. The maximum atomic E-state index is 12.4. The van der Waals surface area contributed by atoms with Crippen molar-refractivity contribution in [1.29, 1.82) is 0 Å². The highest BCUT2D eigenvalue weighted by Crippen LogP contribution is 2.85. The van der Waals surface area contributed by atoms with Crippen LogP contribution in [0.25, 0.3) is 0 Å². The second-order valence-corrected chi connectivity index (χ2v) is 19.1. The van der Waals surface area contributed by atoms with E-state index in [2.05, 4.69) is 39.5 Å². The van der Waals surface area contributed by atoms with E-state index >= 15 is 0 Å². The highest BCUT2D eigenvalue weighted by molar-refractivity contribution is 5.27. The molecule has 3 aliphatic heterocycles. The lowest BCUT2D eigenvalue weighted by atomic mass is 9.48. The first-order chi connectivity index (χ1) is 22.1. The van der Waals surface area contributed by atoms with Gasteiger partial charge in [-0.05, 0) is 123 Å². The molecule has 8 heteroatoms. The summed E-state index contributed by atoms with van der Waals surface area (Å²) in [6.07, 6.45) is 9.93. The largest absolute Gasteiger partial charge is 0.390 e. The minimum atomic E-state index is -1.25. The van der Waals surface area contributed by atoms with E-state index in [0.29, 0.717) is 35.6 Å². The Morgan fingerprint density at radius 1 is 0.894 bits per heavy atom. The average molecular weight is 662 g/mol. The first-order valence-corrected chi connectivity index (χ1v) is 19.4. The summed E-state index contributed by atoms with van der Waals surface area (Å²) in [6, 6.07) is 0.583. The summed E-state index contributed by atoms with van der Waals surface area (Å²) in [5.74, 6) is 1.61. The number of hydrogen-bond donors (Lipinski definition) is 3. The number of aliphatic hydroxyl groups is 3. The van der Waals surface area contributed by atoms with E-state index in [1.165, 1.54) is 32.1 Å². The van der Waals surface area contributed by atoms with Gasteiger partial charge >= 0.3 is 0 Å². The molecule has 3 N–H and O–H groups in total. The van der Waals surface area contributed by atoms with Crippen LogP contribution in [0.15, 0.2) is 0 Å². The zero-order valence-electron chi connectivity index (χ0n) is 30.6. The van der Waals surface area contributed by atoms with E-state index in [1.807, 2.05) is 0 Å². The predicted molar refractivity (Wildman–Crippen MR) is 181 cm³/mol. The highest BCUT2D eigenvalue weighted by atomic mass is 16.7. The van der Waals surface area contributed by atoms with E-state index in [1.54, 1.807) is 13.8 Å². The second-order valence-electron chi connectivity index (χ2n) is 19.1. The monoisotopic (exact) mass is 661 g/mol. The van der Waals surface area contributed by atoms with Crippen LogP contribution in [0.3, 0.4) is 0 Å². The molecular weight excluding hydrogens is 594 g/mol. The third-order valence-corrected chi connectivity index (χ3v) is 15.5. The Kier molecular flexibility index (Phi) is 9.28. The first kappa shape index (κ1) is 35.1. The Bertz CT molecular complexity index is 1120. The zero-order valence-corrected chi connectivity index (χ0v) is 30.6. The second kappa shape index (κ2) is 12.4. The Morgan fingerprint density at radius 2 is 1.57 bits per heavy atom. The van der Waals surface area contributed by atoms with Crippen molar-refractivity contribution in [1.82, 2.24) is 4.90 Å². The van der Waals surface area contributed by atoms with Gasteiger partial charge in [0.1, 0.15) is 6.10 Å². The maximum absolute atomic E-state index is 12.4. The van der Waals surface area contributed by atoms with Crippen LogP contribution in [0, 0.1) is 45.3 Å². The summed E-state index contributed by atoms with van der Waals surface area (Å²) in [4.78, 5) is 2.59. The van der Waals surface area contributed by atoms with Crippen molar-refractivity contribution in [2.24, 2.45) is 45.3 Å². The van der Waals surface area contributed by atoms with Gasteiger partial charge in [0.05, 0.1) is 36.6 Å². The molecule has 8 nitrogen and oxygen atoms in total. The SMILES string of the molecule is CC1CC(C(O)C(C)(C)O)OC2C1CCCC13CC14CCC(OC1CN(C5CCOCC5)CCO1)C(C)(C)C4CCC3C(C)(C)C2O. The first-order valence-electron chi connectivity index (χ1n) is 19.4. The van der Waals surface area contributed by atoms with Gasteiger partial charge < -0.3 is 34.3 Å². The summed E-state index contributed by atoms with van der Waals surface area (Å²) in [5, 5.41) is 34.1. The number of aliphatic hydroxyl groups excluding tert-OH is 2. The molecule has 3 heterocycles. The molecule has 0 amide bonds. The minimum absolute atomic E-state index is 0.0598. The minimum Gasteiger partial charge on any atom is -0.390 e. The van der Waals surface area contributed by atoms with Crippen LogP contribution in [0.5, 0.6) is 0 Å². The molecule has 12 unspecified atom stereocenters. The van der Waals surface area contributed by atoms with Gasteiger partial charge in [-0.2, -0.15) is 0 Å². The summed E-state index contributed by atoms with van der Waals surface area (Å²) in [7, 11) is 0. The van der Waals surface area contributed by atoms with E-state index in [9.17, 15) is 15.3 Å². The van der Waals surface area contributed by atoms with Crippen molar-refractivity contribution >= 4 is 0 Å². The average Bonchev–Trinajstić information content (AvgIpc) is 3.69. The summed E-state index contributed by atoms with van der Waals surface area (Å²) in [6.45, 7) is 19.5. The van der Waals surface area contributed by atoms with Crippen molar-refractivity contribution in [2.45, 2.75) is 168 Å². The van der Waals surface area contributed by atoms with Gasteiger partial charge in [0.2, 0.25) is 0 Å². The van der Waals surface area contributed by atoms with Gasteiger partial charge in [-0.15, -0.1) is 0 Å². The van der Waals surface area contributed by atoms with Crippen LogP contribution in [0.2, 0.25) is 0 Å². The molecule has 270 valence electrons. The molecule has 4 saturated carbocycles. The van der Waals surface area contributed by atoms with Crippen LogP contribution >= 0.6 is 0 Å². The van der Waals surface area contributed by atoms with Gasteiger partial charge in [0.25, 0.3) is 0 Å². The standard InChI is InChI=1S/C39H67NO7/c1-24-21-27(33(41)37(6,7)43)46-32-26(24)9-8-15-38-23-39(38)16-12-30(35(2,3)28(39)10-11-29(38)36(4,5)34(32)42)47-31-22-40(17-20-45-31)25-13-18-44-19-14-25/h24-34,41-43H,8-23H2,1-7H3. The van der Waals surface area contributed by atoms with Crippen molar-refractivity contribution in [3.05, 3.63) is 0 Å². The van der Waals surface area contributed by atoms with Gasteiger partial charge in [-0.1, -0.05) is 41.0 Å². The maximum Gasteiger partial charge on any atom is 0.170 e. The molecule has 12 atom stereocenters. The third kappa shape index (κ3) is 5.79. The van der Waals surface area contributed by atoms with Crippen LogP contribution in [0.1, 0.15) is 119 Å². The molecule has 47 heavy (non-hydrogen) atoms. The normalized spacial score (nSPS) is 48.0. The Hall–Kier alpha value is -0.320. The molecule has 0 aromatic rings. The van der Waals surface area contributed by atoms with Gasteiger partial charge in [0, 0.05) is 32.3 Å². The fraction of sp³-hybridized carbons (Fsp3) is 1.00. The molecular formula is C39H67NO7. The van der Waals surface area contributed by atoms with E-state index in [0.717, 1.165) is 65.0 Å². The summed E-state index contributed by atoms with van der Waals surface area (Å²) in [5.41, 5.74) is -0.928.